The first-order valence-electron chi connectivity index (χ1n) is 6.57. The summed E-state index contributed by atoms with van der Waals surface area (Å²) in [5.41, 5.74) is 1.30. The molecule has 1 aromatic carbocycles. The third kappa shape index (κ3) is 3.50. The molecule has 3 rings (SSSR count). The third-order valence-electron chi connectivity index (χ3n) is 3.51. The van der Waals surface area contributed by atoms with Crippen molar-refractivity contribution >= 4 is 21.6 Å². The maximum Gasteiger partial charge on any atom is -1.00 e. The topological polar surface area (TPSA) is 15.8 Å². The fourth-order valence-corrected chi connectivity index (χ4v) is 14.4. The first kappa shape index (κ1) is 17.8. The summed E-state index contributed by atoms with van der Waals surface area (Å²) in [4.78, 5) is 3.69. The van der Waals surface area contributed by atoms with Crippen molar-refractivity contribution in [3.63, 3.8) is 0 Å². The maximum absolute atomic E-state index is 3.69. The van der Waals surface area contributed by atoms with E-state index in [0.717, 1.165) is 0 Å². The summed E-state index contributed by atoms with van der Waals surface area (Å²) >= 11 is -1.22. The number of aromatic amines is 1. The van der Waals surface area contributed by atoms with Gasteiger partial charge in [-0.25, -0.2) is 0 Å². The van der Waals surface area contributed by atoms with E-state index in [0.29, 0.717) is 0 Å². The van der Waals surface area contributed by atoms with Gasteiger partial charge in [-0.1, -0.05) is 0 Å². The third-order valence-corrected chi connectivity index (χ3v) is 15.9. The van der Waals surface area contributed by atoms with Crippen LogP contribution in [-0.4, -0.2) is 11.6 Å². The number of aromatic nitrogens is 1. The Bertz CT molecular complexity index is 601. The van der Waals surface area contributed by atoms with Gasteiger partial charge in [-0.05, 0) is 0 Å². The van der Waals surface area contributed by atoms with Crippen LogP contribution >= 0.6 is 0 Å². The Balaban J connectivity index is 0.000001000. The smallest absolute Gasteiger partial charge is 1.00 e. The van der Waals surface area contributed by atoms with Gasteiger partial charge in [-0.15, -0.1) is 0 Å². The van der Waals surface area contributed by atoms with Crippen LogP contribution < -0.4 is 28.8 Å². The van der Waals surface area contributed by atoms with Gasteiger partial charge in [0.25, 0.3) is 0 Å². The van der Waals surface area contributed by atoms with Gasteiger partial charge in [0, 0.05) is 0 Å². The van der Waals surface area contributed by atoms with Gasteiger partial charge in [0.05, 0.1) is 0 Å². The van der Waals surface area contributed by atoms with E-state index in [4.69, 9.17) is 0 Å². The van der Waals surface area contributed by atoms with Crippen molar-refractivity contribution in [2.75, 3.05) is 0 Å². The van der Waals surface area contributed by atoms with Crippen molar-refractivity contribution in [2.45, 2.75) is 19.5 Å². The van der Waals surface area contributed by atoms with Crippen LogP contribution in [0.25, 0.3) is 10.9 Å². The molecule has 0 fully saturated rings. The molecule has 1 aromatic heterocycles. The number of halogens is 2. The number of rotatable bonds is 3. The minimum atomic E-state index is -1.22. The monoisotopic (exact) mass is 358 g/mol. The van der Waals surface area contributed by atoms with Crippen LogP contribution in [0.2, 0.25) is 13.1 Å². The molecule has 1 aliphatic carbocycles. The minimum absolute atomic E-state index is 0. The van der Waals surface area contributed by atoms with Crippen LogP contribution in [-0.2, 0) is 17.1 Å². The van der Waals surface area contributed by atoms with E-state index < -0.39 is 23.8 Å². The summed E-state index contributed by atoms with van der Waals surface area (Å²) in [5, 5.41) is 1.37. The van der Waals surface area contributed by atoms with E-state index in [1.807, 2.05) is 0 Å². The summed E-state index contributed by atoms with van der Waals surface area (Å²) < 4.78 is 3.33. The van der Waals surface area contributed by atoms with Crippen LogP contribution in [0.1, 0.15) is 6.42 Å². The predicted octanol–water partition coefficient (Wildman–Crippen LogP) is -2.75. The molecule has 0 saturated heterocycles. The molecule has 0 saturated carbocycles. The van der Waals surface area contributed by atoms with Crippen LogP contribution in [0.15, 0.2) is 52.4 Å². The maximum atomic E-state index is 3.69. The molecule has 105 valence electrons. The average Bonchev–Trinajstić information content (AvgIpc) is 2.97. The predicted molar refractivity (Wildman–Crippen MR) is 78.6 cm³/mol. The Hall–Kier alpha value is -0.249. The quantitative estimate of drug-likeness (QED) is 0.572. The molecule has 0 aliphatic heterocycles. The standard InChI is InChI=1S/C8H6N.C5H5.C2H7Si.2ClH.Ti/c1-2-4-8-7(3-1)5-6-9-8;1-2-4-5-3-1;1-3-2;;;/h1-5,9H;1-3H,4H2;3H,1-2H3;2*1H;/q;;;;;+2/p-2. The normalized spacial score (nSPS) is 13.1. The molecule has 0 spiro atoms. The Labute approximate surface area is 140 Å². The average molecular weight is 359 g/mol. The molecule has 1 nitrogen and oxygen atoms in total. The van der Waals surface area contributed by atoms with E-state index in [-0.39, 0.29) is 24.8 Å². The zero-order valence-corrected chi connectivity index (χ0v) is 15.9. The number of hydrogen-bond acceptors (Lipinski definition) is 0. The molecule has 0 atom stereocenters. The van der Waals surface area contributed by atoms with Crippen molar-refractivity contribution in [3.05, 3.63) is 52.4 Å². The first-order valence-corrected chi connectivity index (χ1v) is 13.7. The largest absolute Gasteiger partial charge is 1.00 e. The van der Waals surface area contributed by atoms with Gasteiger partial charge in [-0.2, -0.15) is 0 Å². The summed E-state index contributed by atoms with van der Waals surface area (Å²) in [6.45, 7) is 4.43. The van der Waals surface area contributed by atoms with Crippen LogP contribution in [0, 0.1) is 0 Å². The molecule has 0 bridgehead atoms. The van der Waals surface area contributed by atoms with Crippen LogP contribution in [0.5, 0.6) is 0 Å². The molecule has 0 amide bonds. The van der Waals surface area contributed by atoms with Crippen LogP contribution in [0.3, 0.4) is 0 Å². The molecule has 1 N–H and O–H groups in total. The second-order valence-corrected chi connectivity index (χ2v) is 18.4. The summed E-state index contributed by atoms with van der Waals surface area (Å²) in [6.07, 6.45) is 8.13. The number of fused-ring (bicyclic) bond motifs is 1. The van der Waals surface area contributed by atoms with Gasteiger partial charge >= 0.3 is 116 Å². The molecule has 0 unspecified atom stereocenters. The number of hydrogen-bond donors (Lipinski definition) is 1. The zero-order chi connectivity index (χ0) is 12.5. The van der Waals surface area contributed by atoms with Crippen molar-refractivity contribution in [1.82, 2.24) is 4.98 Å². The Morgan fingerprint density at radius 3 is 2.50 bits per heavy atom. The summed E-state index contributed by atoms with van der Waals surface area (Å²) in [5.74, 6) is 0. The van der Waals surface area contributed by atoms with E-state index in [1.54, 1.807) is 7.88 Å². The summed E-state index contributed by atoms with van der Waals surface area (Å²) in [6, 6.07) is 11.1. The van der Waals surface area contributed by atoms with Crippen molar-refractivity contribution in [3.8, 4) is 0 Å². The first-order chi connectivity index (χ1) is 8.75. The van der Waals surface area contributed by atoms with Crippen molar-refractivity contribution < 1.29 is 41.9 Å². The fourth-order valence-electron chi connectivity index (χ4n) is 2.72. The molecule has 5 heteroatoms. The zero-order valence-electron chi connectivity index (χ0n) is 11.7. The molecular formula is C15H18Cl2NSiTi. The second-order valence-electron chi connectivity index (χ2n) is 5.16. The minimum Gasteiger partial charge on any atom is -1.00 e. The SMILES string of the molecule is C[SiH](C)[Ti+2]([C]1=CC=CC1)[c]1cc2ccccc2[nH]1.[Cl-].[Cl-]. The molecule has 20 heavy (non-hydrogen) atoms. The Kier molecular flexibility index (Phi) is 6.83. The van der Waals surface area contributed by atoms with Gasteiger partial charge in [-0.3, -0.25) is 0 Å². The van der Waals surface area contributed by atoms with Crippen LogP contribution in [0.4, 0.5) is 0 Å². The number of benzene rings is 1. The van der Waals surface area contributed by atoms with Gasteiger partial charge < -0.3 is 24.8 Å². The number of nitrogens with one attached hydrogen (secondary N) is 1. The number of para-hydroxylation sites is 1. The van der Waals surface area contributed by atoms with Gasteiger partial charge in [0.1, 0.15) is 0 Å². The Morgan fingerprint density at radius 1 is 1.15 bits per heavy atom. The van der Waals surface area contributed by atoms with E-state index in [1.165, 1.54) is 17.3 Å². The molecule has 0 radical (unpaired) electrons. The summed E-state index contributed by atoms with van der Waals surface area (Å²) in [7, 11) is 0. The van der Waals surface area contributed by atoms with Crippen molar-refractivity contribution in [1.29, 1.82) is 0 Å². The van der Waals surface area contributed by atoms with Gasteiger partial charge in [0.2, 0.25) is 0 Å². The van der Waals surface area contributed by atoms with E-state index in [2.05, 4.69) is 66.6 Å². The van der Waals surface area contributed by atoms with Gasteiger partial charge in [0.15, 0.2) is 0 Å². The molecule has 2 aromatic rings. The molecule has 1 aliphatic rings. The molecule has 1 heterocycles. The van der Waals surface area contributed by atoms with E-state index in [9.17, 15) is 0 Å². The fraction of sp³-hybridized carbons (Fsp3) is 0.200. The van der Waals surface area contributed by atoms with Crippen molar-refractivity contribution in [2.24, 2.45) is 0 Å². The molecular weight excluding hydrogens is 341 g/mol. The number of allylic oxidation sites excluding steroid dienone is 4. The van der Waals surface area contributed by atoms with E-state index >= 15 is 0 Å². The number of H-pyrrole nitrogens is 1. The Morgan fingerprint density at radius 2 is 1.90 bits per heavy atom. The second kappa shape index (κ2) is 7.67.